The molecule has 0 unspecified atom stereocenters. The van der Waals surface area contributed by atoms with Crippen molar-refractivity contribution in [3.05, 3.63) is 28.6 Å². The van der Waals surface area contributed by atoms with Crippen LogP contribution in [0.2, 0.25) is 0 Å². The number of amides is 1. The Labute approximate surface area is 147 Å². The Morgan fingerprint density at radius 3 is 2.96 bits per heavy atom. The number of benzene rings is 1. The van der Waals surface area contributed by atoms with E-state index in [2.05, 4.69) is 4.98 Å². The quantitative estimate of drug-likeness (QED) is 0.707. The standard InChI is InChI=1S/C15H14N4O3S.ClH/c1-22-8-2-3-10-9(6-8)12-13(19(10)7-11(16)20)14(21)18-4-5-23-15(18)17-12;/h2-3,6H,4-5,7H2,1H3,(H2,16,20);1H. The van der Waals surface area contributed by atoms with Crippen LogP contribution in [0.25, 0.3) is 21.9 Å². The number of halogens is 1. The van der Waals surface area contributed by atoms with E-state index in [1.807, 2.05) is 12.1 Å². The summed E-state index contributed by atoms with van der Waals surface area (Å²) >= 11 is 1.56. The molecule has 0 saturated carbocycles. The van der Waals surface area contributed by atoms with Gasteiger partial charge in [0.1, 0.15) is 23.3 Å². The third kappa shape index (κ3) is 2.33. The average Bonchev–Trinajstić information content (AvgIpc) is 3.11. The Morgan fingerprint density at radius 2 is 2.25 bits per heavy atom. The maximum absolute atomic E-state index is 12.9. The first-order valence-corrected chi connectivity index (χ1v) is 8.10. The fourth-order valence-electron chi connectivity index (χ4n) is 3.00. The number of aromatic nitrogens is 3. The molecule has 24 heavy (non-hydrogen) atoms. The van der Waals surface area contributed by atoms with Crippen molar-refractivity contribution in [3.63, 3.8) is 0 Å². The van der Waals surface area contributed by atoms with Crippen LogP contribution in [-0.4, -0.2) is 32.9 Å². The van der Waals surface area contributed by atoms with Crippen LogP contribution in [0.4, 0.5) is 0 Å². The van der Waals surface area contributed by atoms with E-state index in [0.717, 1.165) is 16.7 Å². The van der Waals surface area contributed by atoms with Crippen LogP contribution in [0.1, 0.15) is 0 Å². The molecular weight excluding hydrogens is 352 g/mol. The normalized spacial score (nSPS) is 13.0. The highest BCUT2D eigenvalue weighted by atomic mass is 35.5. The lowest BCUT2D eigenvalue weighted by Gasteiger charge is -2.05. The molecule has 126 valence electrons. The van der Waals surface area contributed by atoms with Crippen LogP contribution in [0.5, 0.6) is 5.75 Å². The molecule has 2 N–H and O–H groups in total. The van der Waals surface area contributed by atoms with Crippen LogP contribution >= 0.6 is 24.2 Å². The van der Waals surface area contributed by atoms with Crippen molar-refractivity contribution in [1.82, 2.24) is 14.1 Å². The number of carbonyl (C=O) groups is 1. The molecule has 3 aromatic rings. The van der Waals surface area contributed by atoms with Gasteiger partial charge in [-0.15, -0.1) is 12.4 Å². The molecular formula is C15H15ClN4O3S. The van der Waals surface area contributed by atoms with Crippen LogP contribution in [0.3, 0.4) is 0 Å². The number of methoxy groups -OCH3 is 1. The van der Waals surface area contributed by atoms with E-state index in [1.165, 1.54) is 0 Å². The van der Waals surface area contributed by atoms with E-state index in [-0.39, 0.29) is 24.5 Å². The molecule has 2 aromatic heterocycles. The minimum absolute atomic E-state index is 0. The number of primary amides is 1. The van der Waals surface area contributed by atoms with E-state index in [1.54, 1.807) is 34.1 Å². The smallest absolute Gasteiger partial charge is 0.278 e. The van der Waals surface area contributed by atoms with Gasteiger partial charge in [0.15, 0.2) is 5.16 Å². The zero-order valence-electron chi connectivity index (χ0n) is 12.8. The van der Waals surface area contributed by atoms with Gasteiger partial charge in [0.25, 0.3) is 5.56 Å². The maximum Gasteiger partial charge on any atom is 0.278 e. The number of fused-ring (bicyclic) bond motifs is 4. The number of nitrogens with two attached hydrogens (primary N) is 1. The number of hydrogen-bond donors (Lipinski definition) is 1. The summed E-state index contributed by atoms with van der Waals surface area (Å²) < 4.78 is 8.57. The molecule has 7 nitrogen and oxygen atoms in total. The van der Waals surface area contributed by atoms with Gasteiger partial charge in [-0.3, -0.25) is 14.2 Å². The number of nitrogens with zero attached hydrogens (tertiary/aromatic N) is 3. The Kier molecular flexibility index (Phi) is 4.18. The van der Waals surface area contributed by atoms with Gasteiger partial charge in [0.05, 0.1) is 12.6 Å². The third-order valence-corrected chi connectivity index (χ3v) is 4.95. The Morgan fingerprint density at radius 1 is 1.46 bits per heavy atom. The van der Waals surface area contributed by atoms with Crippen molar-refractivity contribution in [2.45, 2.75) is 18.2 Å². The second-order valence-electron chi connectivity index (χ2n) is 5.33. The van der Waals surface area contributed by atoms with E-state index in [4.69, 9.17) is 10.5 Å². The molecule has 0 spiro atoms. The van der Waals surface area contributed by atoms with Gasteiger partial charge in [-0.1, -0.05) is 11.8 Å². The number of hydrogen-bond acceptors (Lipinski definition) is 5. The Bertz CT molecular complexity index is 1030. The van der Waals surface area contributed by atoms with Crippen molar-refractivity contribution >= 4 is 52.0 Å². The Balaban J connectivity index is 0.00000169. The second kappa shape index (κ2) is 6.03. The first kappa shape index (κ1) is 16.7. The second-order valence-corrected chi connectivity index (χ2v) is 6.39. The minimum Gasteiger partial charge on any atom is -0.497 e. The van der Waals surface area contributed by atoms with Crippen molar-refractivity contribution < 1.29 is 9.53 Å². The molecule has 1 aliphatic rings. The molecule has 4 rings (SSSR count). The van der Waals surface area contributed by atoms with E-state index in [9.17, 15) is 9.59 Å². The predicted octanol–water partition coefficient (Wildman–Crippen LogP) is 1.37. The van der Waals surface area contributed by atoms with Gasteiger partial charge in [0.2, 0.25) is 5.91 Å². The highest BCUT2D eigenvalue weighted by Crippen LogP contribution is 2.32. The highest BCUT2D eigenvalue weighted by Gasteiger charge is 2.23. The number of ether oxygens (including phenoxy) is 1. The number of rotatable bonds is 3. The summed E-state index contributed by atoms with van der Waals surface area (Å²) in [6.07, 6.45) is 0. The fraction of sp³-hybridized carbons (Fsp3) is 0.267. The van der Waals surface area contributed by atoms with E-state index < -0.39 is 5.91 Å². The van der Waals surface area contributed by atoms with Gasteiger partial charge in [-0.05, 0) is 18.2 Å². The van der Waals surface area contributed by atoms with Crippen LogP contribution in [-0.2, 0) is 17.9 Å². The van der Waals surface area contributed by atoms with Crippen molar-refractivity contribution in [2.24, 2.45) is 5.73 Å². The van der Waals surface area contributed by atoms with Crippen LogP contribution in [0, 0.1) is 0 Å². The van der Waals surface area contributed by atoms with Crippen LogP contribution < -0.4 is 16.0 Å². The molecule has 1 amide bonds. The lowest BCUT2D eigenvalue weighted by molar-refractivity contribution is -0.118. The van der Waals surface area contributed by atoms with Gasteiger partial charge in [0, 0.05) is 17.7 Å². The molecule has 0 bridgehead atoms. The lowest BCUT2D eigenvalue weighted by atomic mass is 10.2. The maximum atomic E-state index is 12.9. The zero-order chi connectivity index (χ0) is 16.1. The molecule has 0 aliphatic carbocycles. The highest BCUT2D eigenvalue weighted by molar-refractivity contribution is 7.99. The fourth-order valence-corrected chi connectivity index (χ4v) is 3.94. The average molecular weight is 367 g/mol. The van der Waals surface area contributed by atoms with Gasteiger partial charge in [-0.25, -0.2) is 4.98 Å². The summed E-state index contributed by atoms with van der Waals surface area (Å²) in [5.74, 6) is 0.996. The zero-order valence-corrected chi connectivity index (χ0v) is 14.4. The SMILES string of the molecule is COc1ccc2c(c1)c1nc3n(c(=O)c1n2CC(N)=O)CCS3.Cl. The van der Waals surface area contributed by atoms with Crippen molar-refractivity contribution in [1.29, 1.82) is 0 Å². The summed E-state index contributed by atoms with van der Waals surface area (Å²) in [5, 5.41) is 1.50. The summed E-state index contributed by atoms with van der Waals surface area (Å²) in [7, 11) is 1.58. The summed E-state index contributed by atoms with van der Waals surface area (Å²) in [6, 6.07) is 5.44. The third-order valence-electron chi connectivity index (χ3n) is 3.99. The van der Waals surface area contributed by atoms with Gasteiger partial charge in [-0.2, -0.15) is 0 Å². The van der Waals surface area contributed by atoms with Crippen LogP contribution in [0.15, 0.2) is 28.2 Å². The van der Waals surface area contributed by atoms with Gasteiger partial charge < -0.3 is 15.0 Å². The monoisotopic (exact) mass is 366 g/mol. The summed E-state index contributed by atoms with van der Waals surface area (Å²) in [4.78, 5) is 29.0. The predicted molar refractivity (Wildman–Crippen MR) is 95.2 cm³/mol. The lowest BCUT2D eigenvalue weighted by Crippen LogP contribution is -2.25. The molecule has 0 radical (unpaired) electrons. The molecule has 1 aromatic carbocycles. The number of thioether (sulfide) groups is 1. The first-order valence-electron chi connectivity index (χ1n) is 7.12. The Hall–Kier alpha value is -2.19. The molecule has 0 atom stereocenters. The van der Waals surface area contributed by atoms with E-state index in [0.29, 0.717) is 28.5 Å². The first-order chi connectivity index (χ1) is 11.1. The summed E-state index contributed by atoms with van der Waals surface area (Å²) in [5.41, 5.74) is 6.99. The summed E-state index contributed by atoms with van der Waals surface area (Å²) in [6.45, 7) is 0.568. The molecule has 1 aliphatic heterocycles. The largest absolute Gasteiger partial charge is 0.497 e. The number of carbonyl (C=O) groups excluding carboxylic acids is 1. The minimum atomic E-state index is -0.501. The molecule has 9 heteroatoms. The van der Waals surface area contributed by atoms with Crippen molar-refractivity contribution in [3.8, 4) is 5.75 Å². The van der Waals surface area contributed by atoms with Crippen molar-refractivity contribution in [2.75, 3.05) is 12.9 Å². The molecule has 0 fully saturated rings. The molecule has 3 heterocycles. The van der Waals surface area contributed by atoms with Gasteiger partial charge >= 0.3 is 0 Å². The van der Waals surface area contributed by atoms with E-state index >= 15 is 0 Å². The molecule has 0 saturated heterocycles. The topological polar surface area (TPSA) is 92.1 Å².